The molecule has 0 unspecified atom stereocenters. The van der Waals surface area contributed by atoms with Gasteiger partial charge in [-0.25, -0.2) is 9.13 Å². The zero-order valence-electron chi connectivity index (χ0n) is 14.2. The van der Waals surface area contributed by atoms with Gasteiger partial charge in [-0.15, -0.1) is 0 Å². The molecule has 22 heavy (non-hydrogen) atoms. The normalized spacial score (nSPS) is 17.5. The average Bonchev–Trinajstić information content (AvgIpc) is 2.87. The van der Waals surface area contributed by atoms with Crippen molar-refractivity contribution in [3.05, 3.63) is 29.6 Å². The maximum atomic E-state index is 6.02. The van der Waals surface area contributed by atoms with Crippen molar-refractivity contribution in [2.45, 2.75) is 52.2 Å². The van der Waals surface area contributed by atoms with Crippen molar-refractivity contribution in [1.82, 2.24) is 9.47 Å². The average molecular weight is 301 g/mol. The molecular formula is C18H29N4+. The first-order valence-corrected chi connectivity index (χ1v) is 8.63. The van der Waals surface area contributed by atoms with Crippen LogP contribution in [0, 0.1) is 0 Å². The summed E-state index contributed by atoms with van der Waals surface area (Å²) in [6.45, 7) is 9.38. The van der Waals surface area contributed by atoms with E-state index in [2.05, 4.69) is 53.1 Å². The highest BCUT2D eigenvalue weighted by molar-refractivity contribution is 5.73. The molecule has 2 aromatic rings. The van der Waals surface area contributed by atoms with Gasteiger partial charge in [0.05, 0.1) is 19.6 Å². The number of benzene rings is 1. The summed E-state index contributed by atoms with van der Waals surface area (Å²) >= 11 is 0. The van der Waals surface area contributed by atoms with Crippen molar-refractivity contribution in [2.24, 2.45) is 5.73 Å². The first-order chi connectivity index (χ1) is 10.7. The van der Waals surface area contributed by atoms with Gasteiger partial charge in [0.25, 0.3) is 5.82 Å². The van der Waals surface area contributed by atoms with E-state index in [9.17, 15) is 0 Å². The molecule has 0 saturated carbocycles. The Balaban J connectivity index is 2.05. The third-order valence-electron chi connectivity index (χ3n) is 5.21. The molecule has 1 aliphatic rings. The molecule has 0 amide bonds. The van der Waals surface area contributed by atoms with Crippen molar-refractivity contribution < 1.29 is 4.57 Å². The maximum absolute atomic E-state index is 6.02. The second kappa shape index (κ2) is 6.39. The molecule has 1 saturated heterocycles. The molecule has 120 valence electrons. The number of likely N-dealkylation sites (tertiary alicyclic amines) is 1. The predicted molar refractivity (Wildman–Crippen MR) is 90.8 cm³/mol. The minimum atomic E-state index is 0.597. The quantitative estimate of drug-likeness (QED) is 0.880. The number of nitrogens with two attached hydrogens (primary N) is 1. The van der Waals surface area contributed by atoms with Gasteiger partial charge in [-0.1, -0.05) is 6.07 Å². The Bertz CT molecular complexity index is 651. The molecule has 0 aliphatic carbocycles. The monoisotopic (exact) mass is 301 g/mol. The van der Waals surface area contributed by atoms with E-state index < -0.39 is 0 Å². The lowest BCUT2D eigenvalue weighted by Crippen LogP contribution is -2.38. The van der Waals surface area contributed by atoms with Gasteiger partial charge in [-0.3, -0.25) is 0 Å². The first kappa shape index (κ1) is 15.5. The molecule has 1 aromatic heterocycles. The van der Waals surface area contributed by atoms with Crippen LogP contribution in [0.15, 0.2) is 18.2 Å². The summed E-state index contributed by atoms with van der Waals surface area (Å²) in [5.74, 6) is 1.94. The largest absolute Gasteiger partial charge is 0.320 e. The lowest BCUT2D eigenvalue weighted by molar-refractivity contribution is -0.676. The van der Waals surface area contributed by atoms with Crippen LogP contribution < -0.4 is 10.3 Å². The highest BCUT2D eigenvalue weighted by Gasteiger charge is 2.24. The fraction of sp³-hybridized carbons (Fsp3) is 0.611. The molecule has 1 aliphatic heterocycles. The Morgan fingerprint density at radius 2 is 1.95 bits per heavy atom. The molecule has 1 aromatic carbocycles. The standard InChI is InChI=1S/C18H29N4/c1-4-21-16-7-6-15(14-8-10-20(3)11-9-14)12-17(16)22(5-2)18(21)13-19/h6-7,12,14H,4-5,8-11,13,19H2,1-3H3/q+1. The molecular weight excluding hydrogens is 272 g/mol. The predicted octanol–water partition coefficient (Wildman–Crippen LogP) is 2.24. The number of piperidine rings is 1. The van der Waals surface area contributed by atoms with Crippen LogP contribution in [0.25, 0.3) is 11.0 Å². The van der Waals surface area contributed by atoms with Crippen LogP contribution in [0.4, 0.5) is 0 Å². The van der Waals surface area contributed by atoms with Crippen LogP contribution in [0.2, 0.25) is 0 Å². The Labute approximate surface area is 133 Å². The molecule has 0 atom stereocenters. The van der Waals surface area contributed by atoms with Crippen molar-refractivity contribution in [3.63, 3.8) is 0 Å². The number of hydrogen-bond donors (Lipinski definition) is 1. The van der Waals surface area contributed by atoms with Gasteiger partial charge >= 0.3 is 0 Å². The highest BCUT2D eigenvalue weighted by Crippen LogP contribution is 2.29. The van der Waals surface area contributed by atoms with Gasteiger partial charge in [-0.05, 0) is 70.4 Å². The minimum Gasteiger partial charge on any atom is -0.320 e. The Morgan fingerprint density at radius 3 is 2.55 bits per heavy atom. The van der Waals surface area contributed by atoms with Crippen molar-refractivity contribution >= 4 is 11.0 Å². The van der Waals surface area contributed by atoms with E-state index in [0.29, 0.717) is 12.5 Å². The Morgan fingerprint density at radius 1 is 1.23 bits per heavy atom. The molecule has 3 rings (SSSR count). The maximum Gasteiger partial charge on any atom is 0.271 e. The fourth-order valence-corrected chi connectivity index (χ4v) is 3.93. The zero-order chi connectivity index (χ0) is 15.7. The van der Waals surface area contributed by atoms with Crippen LogP contribution in [0.1, 0.15) is 44.0 Å². The van der Waals surface area contributed by atoms with Crippen LogP contribution in [0.3, 0.4) is 0 Å². The molecule has 4 heteroatoms. The zero-order valence-corrected chi connectivity index (χ0v) is 14.2. The van der Waals surface area contributed by atoms with Gasteiger partial charge in [0, 0.05) is 0 Å². The number of fused-ring (bicyclic) bond motifs is 1. The second-order valence-electron chi connectivity index (χ2n) is 6.43. The Hall–Kier alpha value is -1.39. The molecule has 2 heterocycles. The Kier molecular flexibility index (Phi) is 4.50. The summed E-state index contributed by atoms with van der Waals surface area (Å²) < 4.78 is 4.74. The van der Waals surface area contributed by atoms with Crippen LogP contribution in [0.5, 0.6) is 0 Å². The van der Waals surface area contributed by atoms with E-state index in [4.69, 9.17) is 5.73 Å². The van der Waals surface area contributed by atoms with Gasteiger partial charge in [-0.2, -0.15) is 0 Å². The lowest BCUT2D eigenvalue weighted by Gasteiger charge is -2.29. The molecule has 4 nitrogen and oxygen atoms in total. The van der Waals surface area contributed by atoms with E-state index in [0.717, 1.165) is 13.1 Å². The molecule has 2 N–H and O–H groups in total. The van der Waals surface area contributed by atoms with Crippen molar-refractivity contribution in [2.75, 3.05) is 20.1 Å². The fourth-order valence-electron chi connectivity index (χ4n) is 3.93. The van der Waals surface area contributed by atoms with Crippen LogP contribution in [-0.4, -0.2) is 29.6 Å². The third kappa shape index (κ3) is 2.55. The lowest BCUT2D eigenvalue weighted by atomic mass is 9.89. The van der Waals surface area contributed by atoms with E-state index in [1.807, 2.05) is 0 Å². The van der Waals surface area contributed by atoms with Crippen molar-refractivity contribution in [1.29, 1.82) is 0 Å². The summed E-state index contributed by atoms with van der Waals surface area (Å²) in [7, 11) is 2.22. The smallest absolute Gasteiger partial charge is 0.271 e. The third-order valence-corrected chi connectivity index (χ3v) is 5.21. The number of rotatable bonds is 4. The van der Waals surface area contributed by atoms with E-state index in [1.165, 1.54) is 48.4 Å². The number of imidazole rings is 1. The molecule has 1 fully saturated rings. The summed E-state index contributed by atoms with van der Waals surface area (Å²) in [4.78, 5) is 2.43. The number of hydrogen-bond acceptors (Lipinski definition) is 2. The van der Waals surface area contributed by atoms with E-state index >= 15 is 0 Å². The van der Waals surface area contributed by atoms with Crippen molar-refractivity contribution in [3.8, 4) is 0 Å². The number of aromatic nitrogens is 2. The van der Waals surface area contributed by atoms with E-state index in [-0.39, 0.29) is 0 Å². The van der Waals surface area contributed by atoms with Crippen LogP contribution in [-0.2, 0) is 19.6 Å². The summed E-state index contributed by atoms with van der Waals surface area (Å²) in [5, 5.41) is 0. The van der Waals surface area contributed by atoms with Gasteiger partial charge < -0.3 is 10.6 Å². The molecule has 0 radical (unpaired) electrons. The molecule has 0 spiro atoms. The molecule has 0 bridgehead atoms. The summed E-state index contributed by atoms with van der Waals surface area (Å²) in [6, 6.07) is 7.06. The van der Waals surface area contributed by atoms with Crippen LogP contribution >= 0.6 is 0 Å². The highest BCUT2D eigenvalue weighted by atomic mass is 15.2. The SMILES string of the molecule is CCn1c(CN)[n+](CC)c2ccc(C3CCN(C)CC3)cc21. The number of aryl methyl sites for hydroxylation is 2. The number of nitrogens with zero attached hydrogens (tertiary/aromatic N) is 3. The topological polar surface area (TPSA) is 38.1 Å². The minimum absolute atomic E-state index is 0.597. The van der Waals surface area contributed by atoms with E-state index in [1.54, 1.807) is 0 Å². The van der Waals surface area contributed by atoms with Gasteiger partial charge in [0.15, 0.2) is 11.0 Å². The summed E-state index contributed by atoms with van der Waals surface area (Å²) in [5.41, 5.74) is 10.2. The second-order valence-corrected chi connectivity index (χ2v) is 6.43. The van der Waals surface area contributed by atoms with Gasteiger partial charge in [0.1, 0.15) is 0 Å². The van der Waals surface area contributed by atoms with Gasteiger partial charge in [0.2, 0.25) is 0 Å². The first-order valence-electron chi connectivity index (χ1n) is 8.63. The summed E-state index contributed by atoms with van der Waals surface area (Å²) in [6.07, 6.45) is 2.54.